The maximum atomic E-state index is 14.0. The summed E-state index contributed by atoms with van der Waals surface area (Å²) in [4.78, 5) is 22.5. The van der Waals surface area contributed by atoms with Gasteiger partial charge in [0, 0.05) is 53.5 Å². The molecule has 0 spiro atoms. The maximum Gasteiger partial charge on any atom is 0.269 e. The van der Waals surface area contributed by atoms with Gasteiger partial charge in [-0.2, -0.15) is 0 Å². The van der Waals surface area contributed by atoms with Crippen LogP contribution in [0.15, 0.2) is 90.1 Å². The highest BCUT2D eigenvalue weighted by Crippen LogP contribution is 2.39. The average molecular weight is 649 g/mol. The van der Waals surface area contributed by atoms with Crippen molar-refractivity contribution in [2.75, 3.05) is 47.4 Å². The predicted molar refractivity (Wildman–Crippen MR) is 186 cm³/mol. The van der Waals surface area contributed by atoms with E-state index in [2.05, 4.69) is 35.0 Å². The molecule has 0 unspecified atom stereocenters. The van der Waals surface area contributed by atoms with Gasteiger partial charge in [-0.15, -0.1) is 0 Å². The van der Waals surface area contributed by atoms with Crippen molar-refractivity contribution < 1.29 is 17.9 Å². The van der Waals surface area contributed by atoms with Crippen LogP contribution in [-0.4, -0.2) is 80.3 Å². The first-order chi connectivity index (χ1) is 22.6. The first-order valence-corrected chi connectivity index (χ1v) is 17.6. The molecular formula is C38H40N4O4S. The molecule has 0 N–H and O–H groups in total. The van der Waals surface area contributed by atoms with Gasteiger partial charge in [0.15, 0.2) is 11.4 Å². The highest BCUT2D eigenvalue weighted by Gasteiger charge is 2.31. The number of benzene rings is 3. The molecule has 0 amide bonds. The summed E-state index contributed by atoms with van der Waals surface area (Å²) in [6, 6.07) is 22.7. The van der Waals surface area contributed by atoms with Crippen LogP contribution in [-0.2, 0) is 10.0 Å². The molecule has 9 heteroatoms. The molecule has 242 valence electrons. The molecule has 3 aromatic carbocycles. The maximum absolute atomic E-state index is 14.0. The SMILES string of the molecule is COc1cc(-c2cnc3c(c2)c(-c2ccc(C(=O)C4CN(C)C4)cc2)cn3S(=O)(=O)c2ccc(C)cc2)ccc1C1CCN(C)CC1. The standard InChI is InChI=1S/C38H40N4O4S/c1-25-5-12-32(13-6-25)47(44,45)42-24-35(26-7-9-28(10-8-26)37(43)31-22-41(3)23-31)34-19-30(21-39-38(34)42)29-11-14-33(36(20-29)46-4)27-15-17-40(2)18-16-27/h5-14,19-21,24,27,31H,15-18,22-23H2,1-4H3. The number of hydrogen-bond donors (Lipinski definition) is 0. The Kier molecular flexibility index (Phi) is 8.24. The van der Waals surface area contributed by atoms with Crippen molar-refractivity contribution in [3.8, 4) is 28.0 Å². The number of ketones is 1. The van der Waals surface area contributed by atoms with Gasteiger partial charge in [-0.25, -0.2) is 17.4 Å². The van der Waals surface area contributed by atoms with Crippen molar-refractivity contribution >= 4 is 26.8 Å². The fourth-order valence-corrected chi connectivity index (χ4v) is 8.26. The van der Waals surface area contributed by atoms with Gasteiger partial charge >= 0.3 is 0 Å². The van der Waals surface area contributed by atoms with Crippen LogP contribution < -0.4 is 4.74 Å². The Labute approximate surface area is 276 Å². The topological polar surface area (TPSA) is 84.7 Å². The minimum Gasteiger partial charge on any atom is -0.496 e. The van der Waals surface area contributed by atoms with Gasteiger partial charge < -0.3 is 14.5 Å². The van der Waals surface area contributed by atoms with Crippen molar-refractivity contribution in [2.24, 2.45) is 5.92 Å². The van der Waals surface area contributed by atoms with Gasteiger partial charge in [0.2, 0.25) is 0 Å². The molecule has 0 saturated carbocycles. The normalized spacial score (nSPS) is 16.8. The molecular weight excluding hydrogens is 609 g/mol. The Hall–Kier alpha value is -4.31. The van der Waals surface area contributed by atoms with Crippen molar-refractivity contribution in [3.63, 3.8) is 0 Å². The molecule has 2 aliphatic heterocycles. The minimum atomic E-state index is -3.94. The zero-order valence-corrected chi connectivity index (χ0v) is 28.1. The molecule has 0 radical (unpaired) electrons. The van der Waals surface area contributed by atoms with Crippen LogP contribution in [0.25, 0.3) is 33.3 Å². The average Bonchev–Trinajstić information content (AvgIpc) is 3.47. The Morgan fingerprint density at radius 3 is 2.19 bits per heavy atom. The van der Waals surface area contributed by atoms with E-state index < -0.39 is 10.0 Å². The highest BCUT2D eigenvalue weighted by molar-refractivity contribution is 7.90. The van der Waals surface area contributed by atoms with E-state index in [1.165, 1.54) is 9.54 Å². The van der Waals surface area contributed by atoms with E-state index in [1.54, 1.807) is 43.8 Å². The lowest BCUT2D eigenvalue weighted by Crippen LogP contribution is -2.47. The Bertz CT molecular complexity index is 2060. The van der Waals surface area contributed by atoms with E-state index in [-0.39, 0.29) is 16.6 Å². The lowest BCUT2D eigenvalue weighted by molar-refractivity contribution is 0.0702. The molecule has 2 saturated heterocycles. The largest absolute Gasteiger partial charge is 0.496 e. The summed E-state index contributed by atoms with van der Waals surface area (Å²) >= 11 is 0. The van der Waals surface area contributed by atoms with Crippen LogP contribution in [0.3, 0.4) is 0 Å². The van der Waals surface area contributed by atoms with E-state index >= 15 is 0 Å². The molecule has 0 aliphatic carbocycles. The smallest absolute Gasteiger partial charge is 0.269 e. The number of aryl methyl sites for hydroxylation is 1. The summed E-state index contributed by atoms with van der Waals surface area (Å²) in [5.41, 5.74) is 6.54. The fourth-order valence-electron chi connectivity index (χ4n) is 6.94. The molecule has 2 aromatic heterocycles. The van der Waals surface area contributed by atoms with E-state index in [0.717, 1.165) is 72.6 Å². The number of ether oxygens (including phenoxy) is 1. The van der Waals surface area contributed by atoms with Crippen molar-refractivity contribution in [1.29, 1.82) is 0 Å². The number of carbonyl (C=O) groups is 1. The number of nitrogens with zero attached hydrogens (tertiary/aromatic N) is 4. The second kappa shape index (κ2) is 12.4. The number of rotatable bonds is 8. The summed E-state index contributed by atoms with van der Waals surface area (Å²) < 4.78 is 35.1. The van der Waals surface area contributed by atoms with E-state index in [9.17, 15) is 13.2 Å². The van der Waals surface area contributed by atoms with E-state index in [1.807, 2.05) is 44.3 Å². The summed E-state index contributed by atoms with van der Waals surface area (Å²) in [5.74, 6) is 1.46. The van der Waals surface area contributed by atoms with Crippen LogP contribution in [0.2, 0.25) is 0 Å². The van der Waals surface area contributed by atoms with Crippen LogP contribution in [0.1, 0.15) is 40.2 Å². The van der Waals surface area contributed by atoms with Gasteiger partial charge in [-0.1, -0.05) is 54.1 Å². The first-order valence-electron chi connectivity index (χ1n) is 16.2. The van der Waals surface area contributed by atoms with Gasteiger partial charge in [0.05, 0.1) is 12.0 Å². The molecule has 0 atom stereocenters. The number of carbonyl (C=O) groups excluding carboxylic acids is 1. The highest BCUT2D eigenvalue weighted by atomic mass is 32.2. The zero-order valence-electron chi connectivity index (χ0n) is 27.3. The number of methoxy groups -OCH3 is 1. The number of fused-ring (bicyclic) bond motifs is 1. The Morgan fingerprint density at radius 2 is 1.53 bits per heavy atom. The number of hydrogen-bond acceptors (Lipinski definition) is 7. The fraction of sp³-hybridized carbons (Fsp3) is 0.316. The summed E-state index contributed by atoms with van der Waals surface area (Å²) in [5, 5.41) is 0.705. The molecule has 0 bridgehead atoms. The lowest BCUT2D eigenvalue weighted by atomic mass is 9.88. The number of pyridine rings is 1. The minimum absolute atomic E-state index is 0.0157. The number of piperidine rings is 1. The van der Waals surface area contributed by atoms with E-state index in [0.29, 0.717) is 22.5 Å². The van der Waals surface area contributed by atoms with Crippen LogP contribution in [0, 0.1) is 12.8 Å². The van der Waals surface area contributed by atoms with Crippen LogP contribution in [0.5, 0.6) is 5.75 Å². The molecule has 8 nitrogen and oxygen atoms in total. The van der Waals surface area contributed by atoms with Crippen molar-refractivity contribution in [1.82, 2.24) is 18.8 Å². The Morgan fingerprint density at radius 1 is 0.851 bits per heavy atom. The third-order valence-corrected chi connectivity index (χ3v) is 11.5. The predicted octanol–water partition coefficient (Wildman–Crippen LogP) is 6.48. The van der Waals surface area contributed by atoms with Gasteiger partial charge in [0.1, 0.15) is 5.75 Å². The molecule has 2 aliphatic rings. The van der Waals surface area contributed by atoms with Crippen LogP contribution in [0.4, 0.5) is 0 Å². The third-order valence-electron chi connectivity index (χ3n) is 9.83. The zero-order chi connectivity index (χ0) is 32.9. The van der Waals surface area contributed by atoms with Gasteiger partial charge in [0.25, 0.3) is 10.0 Å². The third kappa shape index (κ3) is 5.88. The number of aromatic nitrogens is 2. The quantitative estimate of drug-likeness (QED) is 0.178. The number of Topliss-reactive ketones (excluding diaryl/α,β-unsaturated/α-hetero) is 1. The molecule has 2 fully saturated rings. The van der Waals surface area contributed by atoms with E-state index in [4.69, 9.17) is 9.72 Å². The summed E-state index contributed by atoms with van der Waals surface area (Å²) in [7, 11) is 1.94. The molecule has 47 heavy (non-hydrogen) atoms. The van der Waals surface area contributed by atoms with Crippen LogP contribution >= 0.6 is 0 Å². The lowest BCUT2D eigenvalue weighted by Gasteiger charge is -2.34. The second-order valence-corrected chi connectivity index (χ2v) is 15.0. The number of likely N-dealkylation sites (tertiary alicyclic amines) is 2. The van der Waals surface area contributed by atoms with Gasteiger partial charge in [-0.3, -0.25) is 4.79 Å². The van der Waals surface area contributed by atoms with Gasteiger partial charge in [-0.05, 0) is 93.8 Å². The Balaban J connectivity index is 1.31. The monoisotopic (exact) mass is 648 g/mol. The van der Waals surface area contributed by atoms with Crippen molar-refractivity contribution in [2.45, 2.75) is 30.6 Å². The summed E-state index contributed by atoms with van der Waals surface area (Å²) in [6.07, 6.45) is 5.56. The molecule has 5 aromatic rings. The molecule has 4 heterocycles. The van der Waals surface area contributed by atoms with Crippen molar-refractivity contribution in [3.05, 3.63) is 102 Å². The first kappa shape index (κ1) is 31.3. The molecule has 7 rings (SSSR count). The summed E-state index contributed by atoms with van der Waals surface area (Å²) in [6.45, 7) is 5.59. The second-order valence-electron chi connectivity index (χ2n) is 13.1.